The van der Waals surface area contributed by atoms with Crippen molar-refractivity contribution in [3.8, 4) is 17.0 Å². The Balaban J connectivity index is 1.52. The smallest absolute Gasteiger partial charge is 0.271 e. The third-order valence-electron chi connectivity index (χ3n) is 5.46. The van der Waals surface area contributed by atoms with Crippen LogP contribution in [0.4, 0.5) is 5.69 Å². The number of ether oxygens (including phenoxy) is 1. The van der Waals surface area contributed by atoms with Crippen molar-refractivity contribution in [2.24, 2.45) is 0 Å². The maximum absolute atomic E-state index is 11.2. The molecule has 5 rings (SSSR count). The summed E-state index contributed by atoms with van der Waals surface area (Å²) in [5, 5.41) is 16.2. The van der Waals surface area contributed by atoms with Crippen molar-refractivity contribution >= 4 is 17.4 Å². The van der Waals surface area contributed by atoms with Crippen LogP contribution < -0.4 is 10.1 Å². The fraction of sp³-hybridized carbons (Fsp3) is 0.227. The van der Waals surface area contributed by atoms with Crippen molar-refractivity contribution in [1.82, 2.24) is 24.8 Å². The van der Waals surface area contributed by atoms with Crippen LogP contribution in [0.5, 0.6) is 5.75 Å². The summed E-state index contributed by atoms with van der Waals surface area (Å²) in [7, 11) is 1.66. The van der Waals surface area contributed by atoms with E-state index in [0.717, 1.165) is 35.7 Å². The van der Waals surface area contributed by atoms with E-state index in [0.29, 0.717) is 11.5 Å². The predicted octanol–water partition coefficient (Wildman–Crippen LogP) is 3.23. The molecule has 8 heteroatoms. The molecule has 0 bridgehead atoms. The first-order valence-corrected chi connectivity index (χ1v) is 9.70. The summed E-state index contributed by atoms with van der Waals surface area (Å²) in [6.45, 7) is 1.48. The molecule has 1 aliphatic carbocycles. The summed E-state index contributed by atoms with van der Waals surface area (Å²) in [5.41, 5.74) is 3.32. The molecule has 150 valence electrons. The maximum atomic E-state index is 11.2. The van der Waals surface area contributed by atoms with E-state index in [-0.39, 0.29) is 11.3 Å². The number of methoxy groups -OCH3 is 1. The molecule has 0 atom stereocenters. The Bertz CT molecular complexity index is 1230. The monoisotopic (exact) mass is 400 g/mol. The first kappa shape index (κ1) is 18.2. The lowest BCUT2D eigenvalue weighted by molar-refractivity contribution is -0.114. The Hall–Kier alpha value is -3.81. The quantitative estimate of drug-likeness (QED) is 0.553. The van der Waals surface area contributed by atoms with E-state index in [1.165, 1.54) is 12.5 Å². The highest BCUT2D eigenvalue weighted by Crippen LogP contribution is 2.52. The number of nitrogens with one attached hydrogen (secondary N) is 1. The first-order valence-electron chi connectivity index (χ1n) is 9.70. The summed E-state index contributed by atoms with van der Waals surface area (Å²) < 4.78 is 7.02. The van der Waals surface area contributed by atoms with Gasteiger partial charge in [0.15, 0.2) is 5.82 Å². The Morgan fingerprint density at radius 2 is 1.80 bits per heavy atom. The van der Waals surface area contributed by atoms with Gasteiger partial charge in [0.05, 0.1) is 18.7 Å². The van der Waals surface area contributed by atoms with Crippen LogP contribution >= 0.6 is 0 Å². The van der Waals surface area contributed by atoms with Gasteiger partial charge in [-0.05, 0) is 42.7 Å². The van der Waals surface area contributed by atoms with Crippen LogP contribution in [-0.4, -0.2) is 37.8 Å². The number of aromatic nitrogens is 5. The molecular weight excluding hydrogens is 380 g/mol. The van der Waals surface area contributed by atoms with Crippen molar-refractivity contribution in [3.63, 3.8) is 0 Å². The van der Waals surface area contributed by atoms with Crippen LogP contribution in [0.1, 0.15) is 31.2 Å². The summed E-state index contributed by atoms with van der Waals surface area (Å²) in [5.74, 6) is 1.99. The minimum atomic E-state index is -0.200. The Morgan fingerprint density at radius 3 is 2.43 bits per heavy atom. The minimum absolute atomic E-state index is 0.105. The van der Waals surface area contributed by atoms with Crippen LogP contribution in [0, 0.1) is 0 Å². The molecular formula is C22H20N6O2. The van der Waals surface area contributed by atoms with Gasteiger partial charge in [-0.2, -0.15) is 9.61 Å². The molecule has 0 spiro atoms. The molecule has 1 fully saturated rings. The van der Waals surface area contributed by atoms with E-state index < -0.39 is 0 Å². The van der Waals surface area contributed by atoms with Crippen LogP contribution in [0.2, 0.25) is 0 Å². The molecule has 4 aromatic rings. The van der Waals surface area contributed by atoms with E-state index in [2.05, 4.69) is 32.6 Å². The molecule has 0 radical (unpaired) electrons. The van der Waals surface area contributed by atoms with Gasteiger partial charge in [-0.1, -0.05) is 24.3 Å². The lowest BCUT2D eigenvalue weighted by Crippen LogP contribution is -2.15. The number of hydrogen-bond acceptors (Lipinski definition) is 6. The van der Waals surface area contributed by atoms with E-state index in [9.17, 15) is 4.79 Å². The van der Waals surface area contributed by atoms with Crippen molar-refractivity contribution in [1.29, 1.82) is 0 Å². The van der Waals surface area contributed by atoms with Gasteiger partial charge in [0.2, 0.25) is 5.91 Å². The number of anilines is 1. The zero-order chi connectivity index (χ0) is 20.7. The Kier molecular flexibility index (Phi) is 4.20. The van der Waals surface area contributed by atoms with Crippen LogP contribution in [0.25, 0.3) is 17.0 Å². The normalized spacial score (nSPS) is 14.5. The van der Waals surface area contributed by atoms with Gasteiger partial charge >= 0.3 is 0 Å². The summed E-state index contributed by atoms with van der Waals surface area (Å²) in [6, 6.07) is 15.6. The van der Waals surface area contributed by atoms with Crippen molar-refractivity contribution in [2.45, 2.75) is 25.2 Å². The van der Waals surface area contributed by atoms with Gasteiger partial charge in [0.1, 0.15) is 11.4 Å². The molecule has 1 N–H and O–H groups in total. The molecule has 0 unspecified atom stereocenters. The molecule has 2 heterocycles. The molecule has 8 nitrogen and oxygen atoms in total. The number of hydrogen-bond donors (Lipinski definition) is 1. The highest BCUT2D eigenvalue weighted by atomic mass is 16.5. The van der Waals surface area contributed by atoms with Crippen LogP contribution in [-0.2, 0) is 10.2 Å². The lowest BCUT2D eigenvalue weighted by atomic mass is 9.95. The minimum Gasteiger partial charge on any atom is -0.497 e. The average molecular weight is 400 g/mol. The molecule has 2 aromatic heterocycles. The van der Waals surface area contributed by atoms with Crippen molar-refractivity contribution < 1.29 is 9.53 Å². The molecule has 30 heavy (non-hydrogen) atoms. The van der Waals surface area contributed by atoms with Crippen LogP contribution in [0.3, 0.4) is 0 Å². The fourth-order valence-electron chi connectivity index (χ4n) is 3.73. The van der Waals surface area contributed by atoms with E-state index in [1.54, 1.807) is 17.8 Å². The van der Waals surface area contributed by atoms with Gasteiger partial charge in [-0.25, -0.2) is 4.98 Å². The Morgan fingerprint density at radius 1 is 1.07 bits per heavy atom. The van der Waals surface area contributed by atoms with E-state index in [4.69, 9.17) is 9.84 Å². The molecule has 0 saturated heterocycles. The molecule has 2 aromatic carbocycles. The number of carbonyl (C=O) groups is 1. The Labute approximate surface area is 172 Å². The first-order chi connectivity index (χ1) is 14.6. The highest BCUT2D eigenvalue weighted by molar-refractivity contribution is 5.88. The topological polar surface area (TPSA) is 94.3 Å². The molecule has 1 saturated carbocycles. The number of benzene rings is 2. The predicted molar refractivity (Wildman–Crippen MR) is 111 cm³/mol. The lowest BCUT2D eigenvalue weighted by Gasteiger charge is -2.14. The third-order valence-corrected chi connectivity index (χ3v) is 5.46. The zero-order valence-electron chi connectivity index (χ0n) is 16.7. The second-order valence-electron chi connectivity index (χ2n) is 7.45. The van der Waals surface area contributed by atoms with Gasteiger partial charge in [0.25, 0.3) is 5.78 Å². The van der Waals surface area contributed by atoms with E-state index >= 15 is 0 Å². The largest absolute Gasteiger partial charge is 0.497 e. The van der Waals surface area contributed by atoms with E-state index in [1.807, 2.05) is 36.4 Å². The average Bonchev–Trinajstić information content (AvgIpc) is 3.46. The number of amides is 1. The van der Waals surface area contributed by atoms with Gasteiger partial charge in [-0.3, -0.25) is 4.79 Å². The number of nitrogens with zero attached hydrogens (tertiary/aromatic N) is 5. The third kappa shape index (κ3) is 3.06. The van der Waals surface area contributed by atoms with Gasteiger partial charge in [-0.15, -0.1) is 10.2 Å². The fourth-order valence-corrected chi connectivity index (χ4v) is 3.73. The second-order valence-corrected chi connectivity index (χ2v) is 7.45. The zero-order valence-corrected chi connectivity index (χ0v) is 16.7. The molecule has 1 amide bonds. The summed E-state index contributed by atoms with van der Waals surface area (Å²) in [6.07, 6.45) is 3.66. The highest BCUT2D eigenvalue weighted by Gasteiger charge is 2.50. The molecule has 0 aliphatic heterocycles. The SMILES string of the molecule is COc1ccc(C2(c3nnc4ncc(-c5ccc(NC(C)=O)cc5)nn34)CC2)cc1. The van der Waals surface area contributed by atoms with Gasteiger partial charge in [0, 0.05) is 18.2 Å². The standard InChI is InChI=1S/C22H20N6O2/c1-14(29)24-17-7-3-15(4-8-17)19-13-23-21-26-25-20(28(21)27-19)22(11-12-22)16-5-9-18(30-2)10-6-16/h3-10,13H,11-12H2,1-2H3,(H,24,29). The van der Waals surface area contributed by atoms with Gasteiger partial charge < -0.3 is 10.1 Å². The molecule has 1 aliphatic rings. The summed E-state index contributed by atoms with van der Waals surface area (Å²) >= 11 is 0. The van der Waals surface area contributed by atoms with Crippen molar-refractivity contribution in [2.75, 3.05) is 12.4 Å². The number of rotatable bonds is 5. The number of fused-ring (bicyclic) bond motifs is 1. The maximum Gasteiger partial charge on any atom is 0.271 e. The van der Waals surface area contributed by atoms with Crippen molar-refractivity contribution in [3.05, 3.63) is 66.1 Å². The summed E-state index contributed by atoms with van der Waals surface area (Å²) in [4.78, 5) is 15.7. The second kappa shape index (κ2) is 6.91. The number of carbonyl (C=O) groups excluding carboxylic acids is 1. The van der Waals surface area contributed by atoms with Crippen LogP contribution in [0.15, 0.2) is 54.7 Å².